The predicted octanol–water partition coefficient (Wildman–Crippen LogP) is 1.50. The lowest BCUT2D eigenvalue weighted by Gasteiger charge is -2.41. The molecule has 1 N–H and O–H groups in total. The highest BCUT2D eigenvalue weighted by Crippen LogP contribution is 2.55. The minimum absolute atomic E-state index is 0.0647. The number of anilines is 1. The number of hydrogen-bond donors (Lipinski definition) is 1. The SMILES string of the molecule is O=C([C@@H]1C[C@H]2CCCN2[C@]12C(=O)Nc1ccccc12)N1CC(F)C1. The molecule has 4 heterocycles. The van der Waals surface area contributed by atoms with Crippen LogP contribution >= 0.6 is 0 Å². The Balaban J connectivity index is 1.62. The molecule has 0 bridgehead atoms. The molecule has 126 valence electrons. The lowest BCUT2D eigenvalue weighted by molar-refractivity contribution is -0.150. The predicted molar refractivity (Wildman–Crippen MR) is 86.1 cm³/mol. The van der Waals surface area contributed by atoms with Crippen LogP contribution in [0.1, 0.15) is 24.8 Å². The maximum atomic E-state index is 13.2. The van der Waals surface area contributed by atoms with Crippen molar-refractivity contribution in [3.63, 3.8) is 0 Å². The molecule has 4 aliphatic heterocycles. The first-order valence-corrected chi connectivity index (χ1v) is 8.73. The van der Waals surface area contributed by atoms with Crippen LogP contribution in [-0.4, -0.2) is 53.5 Å². The number of benzene rings is 1. The van der Waals surface area contributed by atoms with Gasteiger partial charge in [0.1, 0.15) is 11.7 Å². The Hall–Kier alpha value is -1.95. The van der Waals surface area contributed by atoms with E-state index in [-0.39, 0.29) is 30.9 Å². The Kier molecular flexibility index (Phi) is 2.87. The molecule has 6 heteroatoms. The summed E-state index contributed by atoms with van der Waals surface area (Å²) < 4.78 is 13.2. The van der Waals surface area contributed by atoms with E-state index in [1.165, 1.54) is 0 Å². The smallest absolute Gasteiger partial charge is 0.250 e. The molecular weight excluding hydrogens is 309 g/mol. The van der Waals surface area contributed by atoms with Gasteiger partial charge in [0.2, 0.25) is 11.8 Å². The maximum Gasteiger partial charge on any atom is 0.250 e. The van der Waals surface area contributed by atoms with Crippen LogP contribution in [-0.2, 0) is 15.1 Å². The zero-order chi connectivity index (χ0) is 16.5. The third-order valence-corrected chi connectivity index (χ3v) is 6.22. The van der Waals surface area contributed by atoms with E-state index < -0.39 is 17.6 Å². The molecule has 5 nitrogen and oxygen atoms in total. The number of nitrogens with zero attached hydrogens (tertiary/aromatic N) is 2. The fourth-order valence-corrected chi connectivity index (χ4v) is 5.19. The van der Waals surface area contributed by atoms with Crippen molar-refractivity contribution < 1.29 is 14.0 Å². The summed E-state index contributed by atoms with van der Waals surface area (Å²) in [7, 11) is 0. The fourth-order valence-electron chi connectivity index (χ4n) is 5.19. The number of likely N-dealkylation sites (tertiary alicyclic amines) is 1. The highest BCUT2D eigenvalue weighted by atomic mass is 19.1. The number of amides is 2. The van der Waals surface area contributed by atoms with Gasteiger partial charge in [-0.05, 0) is 31.9 Å². The Bertz CT molecular complexity index is 733. The minimum Gasteiger partial charge on any atom is -0.336 e. The molecule has 1 spiro atoms. The van der Waals surface area contributed by atoms with Crippen LogP contribution in [0.3, 0.4) is 0 Å². The van der Waals surface area contributed by atoms with Crippen LogP contribution in [0.25, 0.3) is 0 Å². The molecule has 1 aromatic carbocycles. The molecular formula is C18H20FN3O2. The van der Waals surface area contributed by atoms with E-state index >= 15 is 0 Å². The molecule has 0 aromatic heterocycles. The van der Waals surface area contributed by atoms with E-state index in [1.54, 1.807) is 4.90 Å². The van der Waals surface area contributed by atoms with Crippen LogP contribution in [0, 0.1) is 5.92 Å². The zero-order valence-electron chi connectivity index (χ0n) is 13.4. The Morgan fingerprint density at radius 3 is 2.88 bits per heavy atom. The van der Waals surface area contributed by atoms with Crippen molar-refractivity contribution in [1.29, 1.82) is 0 Å². The van der Waals surface area contributed by atoms with Gasteiger partial charge in [0.05, 0.1) is 19.0 Å². The van der Waals surface area contributed by atoms with Gasteiger partial charge in [-0.2, -0.15) is 0 Å². The Labute approximate surface area is 139 Å². The van der Waals surface area contributed by atoms with E-state index in [2.05, 4.69) is 10.2 Å². The standard InChI is InChI=1S/C18H20FN3O2/c19-11-9-21(10-11)16(23)14-8-12-4-3-7-22(12)18(14)13-5-1-2-6-15(13)20-17(18)24/h1-2,5-6,11-12,14H,3-4,7-10H2,(H,20,24)/t12-,14+,18+/m1/s1. The van der Waals surface area contributed by atoms with Crippen molar-refractivity contribution in [1.82, 2.24) is 9.80 Å². The number of halogens is 1. The number of carbonyl (C=O) groups excluding carboxylic acids is 2. The first-order chi connectivity index (χ1) is 11.6. The quantitative estimate of drug-likeness (QED) is 0.849. The molecule has 0 saturated carbocycles. The lowest BCUT2D eigenvalue weighted by Crippen LogP contribution is -2.59. The van der Waals surface area contributed by atoms with Crippen molar-refractivity contribution >= 4 is 17.5 Å². The lowest BCUT2D eigenvalue weighted by atomic mass is 9.77. The van der Waals surface area contributed by atoms with E-state index in [4.69, 9.17) is 0 Å². The average Bonchev–Trinajstić information content (AvgIpc) is 3.19. The summed E-state index contributed by atoms with van der Waals surface area (Å²) in [4.78, 5) is 30.0. The van der Waals surface area contributed by atoms with Gasteiger partial charge in [-0.3, -0.25) is 14.5 Å². The molecule has 3 fully saturated rings. The number of nitrogens with one attached hydrogen (secondary N) is 1. The van der Waals surface area contributed by atoms with Gasteiger partial charge in [-0.1, -0.05) is 18.2 Å². The van der Waals surface area contributed by atoms with E-state index in [9.17, 15) is 14.0 Å². The molecule has 24 heavy (non-hydrogen) atoms. The van der Waals surface area contributed by atoms with Crippen molar-refractivity contribution in [2.75, 3.05) is 25.0 Å². The molecule has 4 aliphatic rings. The van der Waals surface area contributed by atoms with Crippen LogP contribution in [0.15, 0.2) is 24.3 Å². The van der Waals surface area contributed by atoms with Crippen LogP contribution in [0.5, 0.6) is 0 Å². The molecule has 5 rings (SSSR count). The number of hydrogen-bond acceptors (Lipinski definition) is 3. The second kappa shape index (κ2) is 4.79. The summed E-state index contributed by atoms with van der Waals surface area (Å²) in [5.41, 5.74) is 0.811. The number of para-hydroxylation sites is 1. The molecule has 0 unspecified atom stereocenters. The molecule has 3 atom stereocenters. The van der Waals surface area contributed by atoms with Crippen molar-refractivity contribution in [2.45, 2.75) is 37.0 Å². The third-order valence-electron chi connectivity index (χ3n) is 6.22. The number of carbonyl (C=O) groups is 2. The van der Waals surface area contributed by atoms with Gasteiger partial charge in [0.25, 0.3) is 0 Å². The van der Waals surface area contributed by atoms with Gasteiger partial charge < -0.3 is 10.2 Å². The highest BCUT2D eigenvalue weighted by Gasteiger charge is 2.66. The highest BCUT2D eigenvalue weighted by molar-refractivity contribution is 6.09. The van der Waals surface area contributed by atoms with E-state index in [1.807, 2.05) is 24.3 Å². The van der Waals surface area contributed by atoms with E-state index in [0.717, 1.165) is 30.6 Å². The first kappa shape index (κ1) is 14.4. The third kappa shape index (κ3) is 1.62. The summed E-state index contributed by atoms with van der Waals surface area (Å²) >= 11 is 0. The maximum absolute atomic E-state index is 13.2. The van der Waals surface area contributed by atoms with Gasteiger partial charge >= 0.3 is 0 Å². The normalized spacial score (nSPS) is 35.0. The van der Waals surface area contributed by atoms with Crippen molar-refractivity contribution in [2.24, 2.45) is 5.92 Å². The van der Waals surface area contributed by atoms with Crippen molar-refractivity contribution in [3.05, 3.63) is 29.8 Å². The minimum atomic E-state index is -0.921. The van der Waals surface area contributed by atoms with Crippen LogP contribution in [0.2, 0.25) is 0 Å². The molecule has 3 saturated heterocycles. The summed E-state index contributed by atoms with van der Waals surface area (Å²) in [5.74, 6) is -0.576. The van der Waals surface area contributed by atoms with Crippen molar-refractivity contribution in [3.8, 4) is 0 Å². The second-order valence-corrected chi connectivity index (χ2v) is 7.38. The summed E-state index contributed by atoms with van der Waals surface area (Å²) in [5, 5.41) is 2.99. The Morgan fingerprint density at radius 2 is 2.08 bits per heavy atom. The van der Waals surface area contributed by atoms with Crippen LogP contribution < -0.4 is 5.32 Å². The number of alkyl halides is 1. The summed E-state index contributed by atoms with van der Waals surface area (Å²) in [6, 6.07) is 7.94. The van der Waals surface area contributed by atoms with Gasteiger partial charge in [-0.25, -0.2) is 4.39 Å². The second-order valence-electron chi connectivity index (χ2n) is 7.38. The average molecular weight is 329 g/mol. The van der Waals surface area contributed by atoms with Crippen LogP contribution in [0.4, 0.5) is 10.1 Å². The zero-order valence-corrected chi connectivity index (χ0v) is 13.4. The molecule has 1 aromatic rings. The number of fused-ring (bicyclic) bond motifs is 4. The largest absolute Gasteiger partial charge is 0.336 e. The van der Waals surface area contributed by atoms with E-state index in [0.29, 0.717) is 6.42 Å². The Morgan fingerprint density at radius 1 is 1.29 bits per heavy atom. The van der Waals surface area contributed by atoms with Gasteiger partial charge in [0.15, 0.2) is 0 Å². The van der Waals surface area contributed by atoms with Gasteiger partial charge in [-0.15, -0.1) is 0 Å². The first-order valence-electron chi connectivity index (χ1n) is 8.73. The molecule has 0 radical (unpaired) electrons. The number of rotatable bonds is 1. The monoisotopic (exact) mass is 329 g/mol. The van der Waals surface area contributed by atoms with Gasteiger partial charge in [0, 0.05) is 17.3 Å². The molecule has 0 aliphatic carbocycles. The fraction of sp³-hybridized carbons (Fsp3) is 0.556. The molecule has 2 amide bonds. The topological polar surface area (TPSA) is 52.7 Å². The summed E-state index contributed by atoms with van der Waals surface area (Å²) in [6.07, 6.45) is 1.84. The summed E-state index contributed by atoms with van der Waals surface area (Å²) in [6.45, 7) is 1.17.